The highest BCUT2D eigenvalue weighted by Crippen LogP contribution is 2.33. The number of hydrogen-bond acceptors (Lipinski definition) is 3. The van der Waals surface area contributed by atoms with Crippen LogP contribution in [-0.4, -0.2) is 21.2 Å². The lowest BCUT2D eigenvalue weighted by Gasteiger charge is -2.23. The third-order valence-electron chi connectivity index (χ3n) is 4.02. The molecule has 0 N–H and O–H groups in total. The minimum Gasteiger partial charge on any atom is -0.292 e. The zero-order chi connectivity index (χ0) is 14.8. The van der Waals surface area contributed by atoms with Gasteiger partial charge in [0.2, 0.25) is 0 Å². The van der Waals surface area contributed by atoms with Gasteiger partial charge in [-0.2, -0.15) is 10.4 Å². The van der Waals surface area contributed by atoms with Crippen LogP contribution in [0.4, 0.5) is 4.39 Å². The lowest BCUT2D eigenvalue weighted by atomic mass is 10.1. The topological polar surface area (TPSA) is 44.9 Å². The fourth-order valence-electron chi connectivity index (χ4n) is 2.99. The Hall–Kier alpha value is -2.19. The number of aryl methyl sites for hydroxylation is 1. The summed E-state index contributed by atoms with van der Waals surface area (Å²) in [7, 11) is 1.90. The van der Waals surface area contributed by atoms with Crippen LogP contribution in [0.3, 0.4) is 0 Å². The molecule has 1 saturated heterocycles. The monoisotopic (exact) mass is 284 g/mol. The Labute approximate surface area is 123 Å². The van der Waals surface area contributed by atoms with Gasteiger partial charge in [0.25, 0.3) is 0 Å². The van der Waals surface area contributed by atoms with Gasteiger partial charge < -0.3 is 0 Å². The summed E-state index contributed by atoms with van der Waals surface area (Å²) in [6.45, 7) is 1.47. The van der Waals surface area contributed by atoms with E-state index in [1.807, 2.05) is 19.4 Å². The van der Waals surface area contributed by atoms with Crippen molar-refractivity contribution in [2.24, 2.45) is 7.05 Å². The summed E-state index contributed by atoms with van der Waals surface area (Å²) in [6.07, 6.45) is 6.06. The van der Waals surface area contributed by atoms with Gasteiger partial charge in [-0.25, -0.2) is 4.39 Å². The Morgan fingerprint density at radius 1 is 1.48 bits per heavy atom. The fourth-order valence-corrected chi connectivity index (χ4v) is 2.99. The molecule has 108 valence electrons. The number of likely N-dealkylation sites (tertiary alicyclic amines) is 1. The molecule has 2 heterocycles. The first kappa shape index (κ1) is 13.8. The Kier molecular flexibility index (Phi) is 3.72. The van der Waals surface area contributed by atoms with E-state index in [1.165, 1.54) is 17.7 Å². The van der Waals surface area contributed by atoms with E-state index in [-0.39, 0.29) is 11.9 Å². The molecule has 0 radical (unpaired) electrons. The highest BCUT2D eigenvalue weighted by atomic mass is 19.1. The van der Waals surface area contributed by atoms with Gasteiger partial charge in [0, 0.05) is 37.0 Å². The van der Waals surface area contributed by atoms with E-state index in [4.69, 9.17) is 5.26 Å². The molecule has 0 aliphatic carbocycles. The van der Waals surface area contributed by atoms with E-state index in [0.29, 0.717) is 17.7 Å². The number of halogens is 1. The molecule has 0 amide bonds. The van der Waals surface area contributed by atoms with Crippen LogP contribution in [0, 0.1) is 17.1 Å². The predicted octanol–water partition coefficient (Wildman–Crippen LogP) is 2.77. The van der Waals surface area contributed by atoms with Gasteiger partial charge in [0.1, 0.15) is 5.82 Å². The molecule has 0 saturated carbocycles. The van der Waals surface area contributed by atoms with Crippen molar-refractivity contribution in [3.63, 3.8) is 0 Å². The van der Waals surface area contributed by atoms with E-state index in [2.05, 4.69) is 16.1 Å². The summed E-state index contributed by atoms with van der Waals surface area (Å²) in [5.41, 5.74) is 2.26. The lowest BCUT2D eigenvalue weighted by Crippen LogP contribution is -2.23. The van der Waals surface area contributed by atoms with Gasteiger partial charge in [-0.1, -0.05) is 0 Å². The van der Waals surface area contributed by atoms with Crippen LogP contribution in [-0.2, 0) is 13.6 Å². The van der Waals surface area contributed by atoms with E-state index in [1.54, 1.807) is 10.7 Å². The second-order valence-electron chi connectivity index (χ2n) is 5.49. The van der Waals surface area contributed by atoms with Crippen LogP contribution in [0.25, 0.3) is 0 Å². The summed E-state index contributed by atoms with van der Waals surface area (Å²) in [5, 5.41) is 13.2. The Bertz CT molecular complexity index is 686. The van der Waals surface area contributed by atoms with E-state index in [0.717, 1.165) is 19.4 Å². The van der Waals surface area contributed by atoms with Crippen molar-refractivity contribution in [3.8, 4) is 6.07 Å². The summed E-state index contributed by atoms with van der Waals surface area (Å²) < 4.78 is 15.7. The van der Waals surface area contributed by atoms with Gasteiger partial charge in [-0.05, 0) is 37.6 Å². The van der Waals surface area contributed by atoms with Crippen molar-refractivity contribution in [1.82, 2.24) is 14.7 Å². The summed E-state index contributed by atoms with van der Waals surface area (Å²) in [6, 6.07) is 6.89. The molecule has 21 heavy (non-hydrogen) atoms. The SMILES string of the molecule is Cn1cc(C2CCCN2Cc2cc(C#N)ccc2F)cn1. The summed E-state index contributed by atoms with van der Waals surface area (Å²) in [5.74, 6) is -0.245. The van der Waals surface area contributed by atoms with Crippen LogP contribution < -0.4 is 0 Å². The van der Waals surface area contributed by atoms with Gasteiger partial charge in [-0.3, -0.25) is 9.58 Å². The third kappa shape index (κ3) is 2.81. The van der Waals surface area contributed by atoms with E-state index >= 15 is 0 Å². The van der Waals surface area contributed by atoms with Crippen LogP contribution in [0.15, 0.2) is 30.6 Å². The van der Waals surface area contributed by atoms with Crippen molar-refractivity contribution in [2.45, 2.75) is 25.4 Å². The van der Waals surface area contributed by atoms with Crippen molar-refractivity contribution < 1.29 is 4.39 Å². The number of benzene rings is 1. The Morgan fingerprint density at radius 3 is 3.05 bits per heavy atom. The first-order valence-electron chi connectivity index (χ1n) is 7.08. The maximum absolute atomic E-state index is 13.9. The number of nitriles is 1. The summed E-state index contributed by atoms with van der Waals surface area (Å²) in [4.78, 5) is 2.26. The van der Waals surface area contributed by atoms with Crippen molar-refractivity contribution in [2.75, 3.05) is 6.54 Å². The molecule has 4 nitrogen and oxygen atoms in total. The molecule has 0 spiro atoms. The average molecular weight is 284 g/mol. The van der Waals surface area contributed by atoms with Crippen LogP contribution in [0.2, 0.25) is 0 Å². The van der Waals surface area contributed by atoms with Gasteiger partial charge in [-0.15, -0.1) is 0 Å². The first-order chi connectivity index (χ1) is 10.2. The van der Waals surface area contributed by atoms with E-state index < -0.39 is 0 Å². The predicted molar refractivity (Wildman–Crippen MR) is 76.7 cm³/mol. The van der Waals surface area contributed by atoms with Crippen LogP contribution in [0.1, 0.15) is 35.6 Å². The van der Waals surface area contributed by atoms with E-state index in [9.17, 15) is 4.39 Å². The molecule has 2 aromatic rings. The number of rotatable bonds is 3. The maximum atomic E-state index is 13.9. The first-order valence-corrected chi connectivity index (χ1v) is 7.08. The normalized spacial score (nSPS) is 18.8. The zero-order valence-electron chi connectivity index (χ0n) is 12.0. The fraction of sp³-hybridized carbons (Fsp3) is 0.375. The third-order valence-corrected chi connectivity index (χ3v) is 4.02. The smallest absolute Gasteiger partial charge is 0.127 e. The Morgan fingerprint density at radius 2 is 2.33 bits per heavy atom. The highest BCUT2D eigenvalue weighted by molar-refractivity contribution is 5.34. The van der Waals surface area contributed by atoms with Gasteiger partial charge >= 0.3 is 0 Å². The molecule has 3 rings (SSSR count). The second kappa shape index (κ2) is 5.66. The lowest BCUT2D eigenvalue weighted by molar-refractivity contribution is 0.245. The minimum atomic E-state index is -0.245. The van der Waals surface area contributed by atoms with Crippen molar-refractivity contribution in [1.29, 1.82) is 5.26 Å². The molecule has 1 aromatic heterocycles. The number of aromatic nitrogens is 2. The molecular formula is C16H17FN4. The van der Waals surface area contributed by atoms with Gasteiger partial charge in [0.05, 0.1) is 17.8 Å². The Balaban J connectivity index is 1.82. The standard InChI is InChI=1S/C16H17FN4/c1-20-10-14(9-19-20)16-3-2-6-21(16)11-13-7-12(8-18)4-5-15(13)17/h4-5,7,9-10,16H,2-3,6,11H2,1H3. The molecule has 0 bridgehead atoms. The number of hydrogen-bond donors (Lipinski definition) is 0. The van der Waals surface area contributed by atoms with Gasteiger partial charge in [0.15, 0.2) is 0 Å². The molecule has 1 fully saturated rings. The molecule has 1 aromatic carbocycles. The highest BCUT2D eigenvalue weighted by Gasteiger charge is 2.27. The second-order valence-corrected chi connectivity index (χ2v) is 5.49. The minimum absolute atomic E-state index is 0.245. The van der Waals surface area contributed by atoms with Crippen LogP contribution in [0.5, 0.6) is 0 Å². The largest absolute Gasteiger partial charge is 0.292 e. The molecule has 1 aliphatic heterocycles. The van der Waals surface area contributed by atoms with Crippen LogP contribution >= 0.6 is 0 Å². The molecule has 1 unspecified atom stereocenters. The van der Waals surface area contributed by atoms with Crippen molar-refractivity contribution >= 4 is 0 Å². The molecule has 5 heteroatoms. The summed E-state index contributed by atoms with van der Waals surface area (Å²) >= 11 is 0. The molecule has 1 aliphatic rings. The zero-order valence-corrected chi connectivity index (χ0v) is 12.0. The van der Waals surface area contributed by atoms with Crippen molar-refractivity contribution in [3.05, 3.63) is 53.1 Å². The maximum Gasteiger partial charge on any atom is 0.127 e. The molecule has 1 atom stereocenters. The average Bonchev–Trinajstić information content (AvgIpc) is 3.10. The molecular weight excluding hydrogens is 267 g/mol. The quantitative estimate of drug-likeness (QED) is 0.870. The number of nitrogens with zero attached hydrogens (tertiary/aromatic N) is 4.